The summed E-state index contributed by atoms with van der Waals surface area (Å²) in [6.45, 7) is 15.0. The van der Waals surface area contributed by atoms with Crippen LogP contribution in [0, 0.1) is 20.8 Å². The van der Waals surface area contributed by atoms with E-state index in [2.05, 4.69) is 47.8 Å². The SMILES string of the molecule is Cc1cc(C)c(Cn2ccnc2CN(CC2CCCO2)C(=O)NC(C)(C)C)c(C)c1. The Kier molecular flexibility index (Phi) is 6.86. The largest absolute Gasteiger partial charge is 0.376 e. The van der Waals surface area contributed by atoms with Gasteiger partial charge in [0, 0.05) is 37.6 Å². The smallest absolute Gasteiger partial charge is 0.318 e. The van der Waals surface area contributed by atoms with E-state index in [0.717, 1.165) is 31.8 Å². The summed E-state index contributed by atoms with van der Waals surface area (Å²) in [5.74, 6) is 0.886. The lowest BCUT2D eigenvalue weighted by molar-refractivity contribution is 0.0772. The fourth-order valence-corrected chi connectivity index (χ4v) is 4.09. The molecule has 0 spiro atoms. The van der Waals surface area contributed by atoms with Crippen LogP contribution in [0.25, 0.3) is 0 Å². The van der Waals surface area contributed by atoms with Gasteiger partial charge in [-0.25, -0.2) is 9.78 Å². The van der Waals surface area contributed by atoms with E-state index in [1.807, 2.05) is 38.1 Å². The molecule has 2 heterocycles. The van der Waals surface area contributed by atoms with Crippen LogP contribution in [0.2, 0.25) is 0 Å². The fraction of sp³-hybridized carbons (Fsp3) is 0.583. The van der Waals surface area contributed by atoms with E-state index >= 15 is 0 Å². The number of rotatable bonds is 6. The average Bonchev–Trinajstić information content (AvgIpc) is 3.28. The van der Waals surface area contributed by atoms with E-state index in [4.69, 9.17) is 4.74 Å². The minimum atomic E-state index is -0.294. The number of urea groups is 1. The summed E-state index contributed by atoms with van der Waals surface area (Å²) in [5, 5.41) is 3.09. The number of ether oxygens (including phenoxy) is 1. The predicted molar refractivity (Wildman–Crippen MR) is 120 cm³/mol. The molecule has 1 N–H and O–H groups in total. The van der Waals surface area contributed by atoms with Crippen molar-refractivity contribution in [3.8, 4) is 0 Å². The first-order valence-electron chi connectivity index (χ1n) is 10.9. The molecule has 1 aromatic carbocycles. The number of amides is 2. The number of hydrogen-bond donors (Lipinski definition) is 1. The molecule has 30 heavy (non-hydrogen) atoms. The number of hydrogen-bond acceptors (Lipinski definition) is 3. The van der Waals surface area contributed by atoms with Gasteiger partial charge in [-0.15, -0.1) is 0 Å². The van der Waals surface area contributed by atoms with Crippen LogP contribution in [0.3, 0.4) is 0 Å². The van der Waals surface area contributed by atoms with Gasteiger partial charge in [-0.05, 0) is 71.1 Å². The van der Waals surface area contributed by atoms with Gasteiger partial charge in [0.25, 0.3) is 0 Å². The highest BCUT2D eigenvalue weighted by Crippen LogP contribution is 2.20. The van der Waals surface area contributed by atoms with Crippen LogP contribution in [-0.4, -0.2) is 45.3 Å². The maximum Gasteiger partial charge on any atom is 0.318 e. The van der Waals surface area contributed by atoms with Gasteiger partial charge in [0.2, 0.25) is 0 Å². The lowest BCUT2D eigenvalue weighted by Gasteiger charge is -2.30. The molecule has 0 aliphatic carbocycles. The Labute approximate surface area is 180 Å². The van der Waals surface area contributed by atoms with Crippen molar-refractivity contribution in [2.75, 3.05) is 13.2 Å². The van der Waals surface area contributed by atoms with Gasteiger partial charge in [0.05, 0.1) is 12.6 Å². The molecule has 1 fully saturated rings. The van der Waals surface area contributed by atoms with E-state index in [1.165, 1.54) is 22.3 Å². The Morgan fingerprint density at radius 3 is 2.57 bits per heavy atom. The number of carbonyl (C=O) groups is 1. The number of carbonyl (C=O) groups excluding carboxylic acids is 1. The normalized spacial score (nSPS) is 16.7. The zero-order valence-electron chi connectivity index (χ0n) is 19.3. The summed E-state index contributed by atoms with van der Waals surface area (Å²) in [6, 6.07) is 4.37. The molecule has 1 aliphatic rings. The second kappa shape index (κ2) is 9.21. The first-order valence-corrected chi connectivity index (χ1v) is 10.9. The van der Waals surface area contributed by atoms with Gasteiger partial charge in [0.15, 0.2) is 0 Å². The minimum absolute atomic E-state index is 0.0738. The first-order chi connectivity index (χ1) is 14.1. The van der Waals surface area contributed by atoms with E-state index in [1.54, 1.807) is 0 Å². The van der Waals surface area contributed by atoms with Crippen molar-refractivity contribution in [3.63, 3.8) is 0 Å². The van der Waals surface area contributed by atoms with E-state index in [0.29, 0.717) is 13.1 Å². The van der Waals surface area contributed by atoms with Crippen LogP contribution >= 0.6 is 0 Å². The summed E-state index contributed by atoms with van der Waals surface area (Å²) in [4.78, 5) is 19.4. The second-order valence-corrected chi connectivity index (χ2v) is 9.54. The molecule has 3 rings (SSSR count). The fourth-order valence-electron chi connectivity index (χ4n) is 4.09. The maximum atomic E-state index is 13.0. The van der Waals surface area contributed by atoms with Gasteiger partial charge in [-0.3, -0.25) is 0 Å². The van der Waals surface area contributed by atoms with Crippen molar-refractivity contribution in [1.29, 1.82) is 0 Å². The molecule has 164 valence electrons. The summed E-state index contributed by atoms with van der Waals surface area (Å²) in [7, 11) is 0. The topological polar surface area (TPSA) is 59.4 Å². The highest BCUT2D eigenvalue weighted by Gasteiger charge is 2.26. The third-order valence-electron chi connectivity index (χ3n) is 5.52. The van der Waals surface area contributed by atoms with Gasteiger partial charge < -0.3 is 19.5 Å². The zero-order valence-corrected chi connectivity index (χ0v) is 19.3. The molecule has 0 radical (unpaired) electrons. The van der Waals surface area contributed by atoms with E-state index in [9.17, 15) is 4.79 Å². The van der Waals surface area contributed by atoms with E-state index in [-0.39, 0.29) is 17.7 Å². The number of imidazole rings is 1. The van der Waals surface area contributed by atoms with Gasteiger partial charge >= 0.3 is 6.03 Å². The van der Waals surface area contributed by atoms with E-state index < -0.39 is 0 Å². The van der Waals surface area contributed by atoms with Crippen molar-refractivity contribution in [3.05, 3.63) is 52.6 Å². The quantitative estimate of drug-likeness (QED) is 0.767. The van der Waals surface area contributed by atoms with Crippen molar-refractivity contribution < 1.29 is 9.53 Å². The standard InChI is InChI=1S/C24H36N4O2/c1-17-12-18(2)21(19(3)13-17)15-27-10-9-25-22(27)16-28(14-20-8-7-11-30-20)23(29)26-24(4,5)6/h9-10,12-13,20H,7-8,11,14-16H2,1-6H3,(H,26,29). The molecule has 1 saturated heterocycles. The Balaban J connectivity index is 1.80. The molecule has 2 aromatic rings. The summed E-state index contributed by atoms with van der Waals surface area (Å²) < 4.78 is 7.95. The van der Waals surface area contributed by atoms with Crippen LogP contribution in [-0.2, 0) is 17.8 Å². The number of aromatic nitrogens is 2. The number of benzene rings is 1. The predicted octanol–water partition coefficient (Wildman–Crippen LogP) is 4.35. The third kappa shape index (κ3) is 5.85. The number of nitrogens with zero attached hydrogens (tertiary/aromatic N) is 3. The second-order valence-electron chi connectivity index (χ2n) is 9.54. The molecule has 6 heteroatoms. The van der Waals surface area contributed by atoms with Crippen molar-refractivity contribution >= 4 is 6.03 Å². The molecule has 6 nitrogen and oxygen atoms in total. The summed E-state index contributed by atoms with van der Waals surface area (Å²) in [6.07, 6.45) is 5.97. The van der Waals surface area contributed by atoms with Crippen molar-refractivity contribution in [2.45, 2.75) is 79.1 Å². The number of nitrogens with one attached hydrogen (secondary N) is 1. The summed E-state index contributed by atoms with van der Waals surface area (Å²) >= 11 is 0. The van der Waals surface area contributed by atoms with Crippen LogP contribution < -0.4 is 5.32 Å². The number of aryl methyl sites for hydroxylation is 3. The Morgan fingerprint density at radius 2 is 1.97 bits per heavy atom. The third-order valence-corrected chi connectivity index (χ3v) is 5.52. The summed E-state index contributed by atoms with van der Waals surface area (Å²) in [5.41, 5.74) is 4.87. The highest BCUT2D eigenvalue weighted by atomic mass is 16.5. The molecule has 1 unspecified atom stereocenters. The van der Waals surface area contributed by atoms with Crippen LogP contribution in [0.1, 0.15) is 61.7 Å². The lowest BCUT2D eigenvalue weighted by Crippen LogP contribution is -2.50. The van der Waals surface area contributed by atoms with Crippen LogP contribution in [0.15, 0.2) is 24.5 Å². The van der Waals surface area contributed by atoms with Crippen molar-refractivity contribution in [2.24, 2.45) is 0 Å². The molecule has 1 aliphatic heterocycles. The molecule has 0 bridgehead atoms. The van der Waals surface area contributed by atoms with Gasteiger partial charge in [-0.1, -0.05) is 17.7 Å². The molecular formula is C24H36N4O2. The lowest BCUT2D eigenvalue weighted by atomic mass is 10.00. The van der Waals surface area contributed by atoms with Crippen LogP contribution in [0.4, 0.5) is 4.79 Å². The maximum absolute atomic E-state index is 13.0. The first kappa shape index (κ1) is 22.3. The molecule has 1 atom stereocenters. The van der Waals surface area contributed by atoms with Gasteiger partial charge in [0.1, 0.15) is 5.82 Å². The Hall–Kier alpha value is -2.34. The Morgan fingerprint density at radius 1 is 1.27 bits per heavy atom. The Bertz CT molecular complexity index is 853. The van der Waals surface area contributed by atoms with Crippen molar-refractivity contribution in [1.82, 2.24) is 19.8 Å². The van der Waals surface area contributed by atoms with Crippen LogP contribution in [0.5, 0.6) is 0 Å². The zero-order chi connectivity index (χ0) is 21.9. The highest BCUT2D eigenvalue weighted by molar-refractivity contribution is 5.75. The van der Waals surface area contributed by atoms with Gasteiger partial charge in [-0.2, -0.15) is 0 Å². The monoisotopic (exact) mass is 412 g/mol. The average molecular weight is 413 g/mol. The minimum Gasteiger partial charge on any atom is -0.376 e. The molecular weight excluding hydrogens is 376 g/mol. The molecule has 1 aromatic heterocycles. The molecule has 0 saturated carbocycles. The molecule has 2 amide bonds.